The maximum atomic E-state index is 11.3. The van der Waals surface area contributed by atoms with Gasteiger partial charge in [0, 0.05) is 5.92 Å². The third-order valence-electron chi connectivity index (χ3n) is 3.63. The second kappa shape index (κ2) is 4.35. The molecule has 100 valence electrons. The van der Waals surface area contributed by atoms with Crippen molar-refractivity contribution in [1.29, 1.82) is 0 Å². The van der Waals surface area contributed by atoms with Crippen LogP contribution in [0.5, 0.6) is 0 Å². The van der Waals surface area contributed by atoms with Gasteiger partial charge in [0.1, 0.15) is 11.3 Å². The number of aliphatic hydroxyl groups is 1. The molecule has 1 aliphatic carbocycles. The Kier molecular flexibility index (Phi) is 2.78. The molecule has 0 amide bonds. The van der Waals surface area contributed by atoms with Crippen LogP contribution in [-0.2, 0) is 0 Å². The Morgan fingerprint density at radius 1 is 1.53 bits per heavy atom. The molecule has 5 nitrogen and oxygen atoms in total. The number of carboxylic acid groups (broad SMARTS) is 1. The van der Waals surface area contributed by atoms with Crippen molar-refractivity contribution < 1.29 is 15.0 Å². The Balaban J connectivity index is 2.29. The highest BCUT2D eigenvalue weighted by atomic mass is 16.4. The van der Waals surface area contributed by atoms with Gasteiger partial charge in [0.25, 0.3) is 0 Å². The fourth-order valence-electron chi connectivity index (χ4n) is 2.48. The van der Waals surface area contributed by atoms with Crippen LogP contribution in [0.4, 0.5) is 0 Å². The standard InChI is InChI=1S/C14H16N2O3/c1-8(7-17)16-11-4-2-3-10(14(18)19)12(11)15-13(16)9-5-6-9/h2-4,8-9,17H,5-7H2,1H3,(H,18,19). The number of para-hydroxylation sites is 1. The van der Waals surface area contributed by atoms with Crippen molar-refractivity contribution in [2.24, 2.45) is 0 Å². The van der Waals surface area contributed by atoms with E-state index in [0.29, 0.717) is 11.4 Å². The molecule has 1 heterocycles. The third-order valence-corrected chi connectivity index (χ3v) is 3.63. The van der Waals surface area contributed by atoms with Gasteiger partial charge in [0.05, 0.1) is 23.7 Å². The second-order valence-electron chi connectivity index (χ2n) is 5.12. The summed E-state index contributed by atoms with van der Waals surface area (Å²) in [7, 11) is 0. The zero-order valence-corrected chi connectivity index (χ0v) is 10.7. The Labute approximate surface area is 110 Å². The van der Waals surface area contributed by atoms with Gasteiger partial charge in [-0.1, -0.05) is 6.07 Å². The van der Waals surface area contributed by atoms with Crippen LogP contribution in [0.3, 0.4) is 0 Å². The number of hydrogen-bond donors (Lipinski definition) is 2. The van der Waals surface area contributed by atoms with Crippen LogP contribution in [0.2, 0.25) is 0 Å². The van der Waals surface area contributed by atoms with Gasteiger partial charge in [-0.25, -0.2) is 9.78 Å². The predicted octanol–water partition coefficient (Wildman–Crippen LogP) is 2.17. The van der Waals surface area contributed by atoms with Crippen LogP contribution in [-0.4, -0.2) is 32.3 Å². The number of benzene rings is 1. The van der Waals surface area contributed by atoms with Crippen LogP contribution < -0.4 is 0 Å². The van der Waals surface area contributed by atoms with Crippen molar-refractivity contribution in [2.75, 3.05) is 6.61 Å². The lowest BCUT2D eigenvalue weighted by atomic mass is 10.2. The Hall–Kier alpha value is -1.88. The number of carboxylic acids is 1. The Bertz CT molecular complexity index is 643. The Morgan fingerprint density at radius 3 is 2.84 bits per heavy atom. The molecule has 5 heteroatoms. The number of imidazole rings is 1. The van der Waals surface area contributed by atoms with Crippen molar-refractivity contribution in [3.05, 3.63) is 29.6 Å². The largest absolute Gasteiger partial charge is 0.478 e. The van der Waals surface area contributed by atoms with Gasteiger partial charge in [-0.05, 0) is 31.9 Å². The van der Waals surface area contributed by atoms with E-state index in [-0.39, 0.29) is 18.2 Å². The van der Waals surface area contributed by atoms with E-state index in [1.807, 2.05) is 17.6 Å². The first kappa shape index (κ1) is 12.2. The minimum atomic E-state index is -0.964. The highest BCUT2D eigenvalue weighted by Gasteiger charge is 2.31. The minimum absolute atomic E-state index is 0.0163. The van der Waals surface area contributed by atoms with Crippen LogP contribution >= 0.6 is 0 Å². The number of aromatic nitrogens is 2. The molecule has 1 atom stereocenters. The van der Waals surface area contributed by atoms with Gasteiger partial charge in [-0.15, -0.1) is 0 Å². The van der Waals surface area contributed by atoms with Crippen LogP contribution in [0.25, 0.3) is 11.0 Å². The van der Waals surface area contributed by atoms with Crippen molar-refractivity contribution in [3.63, 3.8) is 0 Å². The fraction of sp³-hybridized carbons (Fsp3) is 0.429. The molecule has 0 radical (unpaired) electrons. The van der Waals surface area contributed by atoms with E-state index >= 15 is 0 Å². The summed E-state index contributed by atoms with van der Waals surface area (Å²) in [5.41, 5.74) is 1.55. The molecule has 1 fully saturated rings. The molecular weight excluding hydrogens is 244 g/mol. The number of hydrogen-bond acceptors (Lipinski definition) is 3. The quantitative estimate of drug-likeness (QED) is 0.883. The van der Waals surface area contributed by atoms with Crippen molar-refractivity contribution in [2.45, 2.75) is 31.7 Å². The summed E-state index contributed by atoms with van der Waals surface area (Å²) >= 11 is 0. The topological polar surface area (TPSA) is 75.3 Å². The van der Waals surface area contributed by atoms with Crippen molar-refractivity contribution >= 4 is 17.0 Å². The normalized spacial score (nSPS) is 16.7. The molecule has 0 spiro atoms. The summed E-state index contributed by atoms with van der Waals surface area (Å²) < 4.78 is 1.99. The number of rotatable bonds is 4. The van der Waals surface area contributed by atoms with Gasteiger partial charge in [0.2, 0.25) is 0 Å². The number of aromatic carboxylic acids is 1. The summed E-state index contributed by atoms with van der Waals surface area (Å²) in [6, 6.07) is 5.07. The molecule has 0 saturated heterocycles. The van der Waals surface area contributed by atoms with Gasteiger partial charge in [0.15, 0.2) is 0 Å². The van der Waals surface area contributed by atoms with Gasteiger partial charge >= 0.3 is 5.97 Å². The number of fused-ring (bicyclic) bond motifs is 1. The molecule has 2 aromatic rings. The minimum Gasteiger partial charge on any atom is -0.478 e. The molecule has 1 aliphatic rings. The molecule has 1 aromatic carbocycles. The lowest BCUT2D eigenvalue weighted by molar-refractivity contribution is 0.0699. The van der Waals surface area contributed by atoms with E-state index in [9.17, 15) is 15.0 Å². The second-order valence-corrected chi connectivity index (χ2v) is 5.12. The molecular formula is C14H16N2O3. The predicted molar refractivity (Wildman–Crippen MR) is 70.5 cm³/mol. The van der Waals surface area contributed by atoms with Crippen LogP contribution in [0.1, 0.15) is 47.9 Å². The molecule has 1 unspecified atom stereocenters. The molecule has 1 saturated carbocycles. The van der Waals surface area contributed by atoms with E-state index in [2.05, 4.69) is 4.98 Å². The summed E-state index contributed by atoms with van der Waals surface area (Å²) in [6.45, 7) is 1.93. The third kappa shape index (κ3) is 1.90. The average molecular weight is 260 g/mol. The van der Waals surface area contributed by atoms with Crippen molar-refractivity contribution in [1.82, 2.24) is 9.55 Å². The van der Waals surface area contributed by atoms with E-state index in [1.165, 1.54) is 0 Å². The average Bonchev–Trinajstić information content (AvgIpc) is 3.17. The number of carbonyl (C=O) groups is 1. The summed E-state index contributed by atoms with van der Waals surface area (Å²) in [5, 5.41) is 18.6. The molecule has 0 aliphatic heterocycles. The maximum Gasteiger partial charge on any atom is 0.337 e. The molecule has 1 aromatic heterocycles. The smallest absolute Gasteiger partial charge is 0.337 e. The fourth-order valence-corrected chi connectivity index (χ4v) is 2.48. The Morgan fingerprint density at radius 2 is 2.26 bits per heavy atom. The first-order valence-electron chi connectivity index (χ1n) is 6.48. The lowest BCUT2D eigenvalue weighted by Gasteiger charge is -2.14. The van der Waals surface area contributed by atoms with Crippen LogP contribution in [0.15, 0.2) is 18.2 Å². The van der Waals surface area contributed by atoms with Crippen LogP contribution in [0, 0.1) is 0 Å². The monoisotopic (exact) mass is 260 g/mol. The van der Waals surface area contributed by atoms with E-state index in [0.717, 1.165) is 24.2 Å². The first-order chi connectivity index (χ1) is 9.13. The van der Waals surface area contributed by atoms with Gasteiger partial charge in [-0.2, -0.15) is 0 Å². The maximum absolute atomic E-state index is 11.3. The lowest BCUT2D eigenvalue weighted by Crippen LogP contribution is -2.12. The highest BCUT2D eigenvalue weighted by Crippen LogP contribution is 2.42. The zero-order chi connectivity index (χ0) is 13.6. The SMILES string of the molecule is CC(CO)n1c(C2CC2)nc2c(C(=O)O)cccc21. The van der Waals surface area contributed by atoms with E-state index in [1.54, 1.807) is 12.1 Å². The van der Waals surface area contributed by atoms with Gasteiger partial charge < -0.3 is 14.8 Å². The van der Waals surface area contributed by atoms with Crippen molar-refractivity contribution in [3.8, 4) is 0 Å². The summed E-state index contributed by atoms with van der Waals surface area (Å²) in [6.07, 6.45) is 2.17. The zero-order valence-electron chi connectivity index (χ0n) is 10.7. The number of nitrogens with zero attached hydrogens (tertiary/aromatic N) is 2. The van der Waals surface area contributed by atoms with E-state index in [4.69, 9.17) is 0 Å². The summed E-state index contributed by atoms with van der Waals surface area (Å²) in [5.74, 6) is 0.350. The summed E-state index contributed by atoms with van der Waals surface area (Å²) in [4.78, 5) is 15.8. The first-order valence-corrected chi connectivity index (χ1v) is 6.48. The molecule has 0 bridgehead atoms. The molecule has 19 heavy (non-hydrogen) atoms. The highest BCUT2D eigenvalue weighted by molar-refractivity contribution is 6.01. The molecule has 2 N–H and O–H groups in total. The number of aliphatic hydroxyl groups excluding tert-OH is 1. The molecule has 3 rings (SSSR count). The van der Waals surface area contributed by atoms with Gasteiger partial charge in [-0.3, -0.25) is 0 Å². The van der Waals surface area contributed by atoms with E-state index < -0.39 is 5.97 Å².